The number of phenols is 1. The highest BCUT2D eigenvalue weighted by Crippen LogP contribution is 2.65. The maximum atomic E-state index is 11.1. The van der Waals surface area contributed by atoms with Gasteiger partial charge in [0.15, 0.2) is 0 Å². The summed E-state index contributed by atoms with van der Waals surface area (Å²) in [6, 6.07) is 14.9. The summed E-state index contributed by atoms with van der Waals surface area (Å²) >= 11 is 2.10. The number of phenolic OH excluding ortho intramolecular Hbond substituents is 1. The lowest BCUT2D eigenvalue weighted by Crippen LogP contribution is -2.47. The Balaban J connectivity index is 1.22. The molecule has 0 saturated heterocycles. The predicted molar refractivity (Wildman–Crippen MR) is 159 cm³/mol. The summed E-state index contributed by atoms with van der Waals surface area (Å²) in [4.78, 5) is 0. The lowest BCUT2D eigenvalue weighted by atomic mass is 9.51. The van der Waals surface area contributed by atoms with E-state index >= 15 is 0 Å². The van der Waals surface area contributed by atoms with Crippen molar-refractivity contribution in [1.82, 2.24) is 0 Å². The van der Waals surface area contributed by atoms with Gasteiger partial charge < -0.3 is 14.9 Å². The molecule has 0 spiro atoms. The Morgan fingerprint density at radius 2 is 1.74 bits per heavy atom. The number of fused-ring (bicyclic) bond motifs is 5. The van der Waals surface area contributed by atoms with Crippen LogP contribution in [0, 0.1) is 17.3 Å². The van der Waals surface area contributed by atoms with Gasteiger partial charge in [-0.15, -0.1) is 0 Å². The van der Waals surface area contributed by atoms with Gasteiger partial charge in [0.1, 0.15) is 11.5 Å². The lowest BCUT2D eigenvalue weighted by Gasteiger charge is -2.54. The number of hydrogen-bond donors (Lipinski definition) is 2. The molecule has 2 N–H and O–H groups in total. The minimum atomic E-state index is -0.200. The first-order valence-electron chi connectivity index (χ1n) is 15.3. The van der Waals surface area contributed by atoms with Crippen molar-refractivity contribution in [3.63, 3.8) is 0 Å². The lowest BCUT2D eigenvalue weighted by molar-refractivity contribution is -0.0323. The van der Waals surface area contributed by atoms with Crippen LogP contribution in [0.3, 0.4) is 0 Å². The van der Waals surface area contributed by atoms with Gasteiger partial charge in [-0.2, -0.15) is 11.8 Å². The number of benzene rings is 2. The molecular formula is C34H48O3S. The van der Waals surface area contributed by atoms with Gasteiger partial charge in [0, 0.05) is 0 Å². The number of aliphatic hydroxyl groups excluding tert-OH is 1. The van der Waals surface area contributed by atoms with Crippen molar-refractivity contribution in [1.29, 1.82) is 0 Å². The molecule has 38 heavy (non-hydrogen) atoms. The Bertz CT molecular complexity index is 1040. The third kappa shape index (κ3) is 5.92. The van der Waals surface area contributed by atoms with Gasteiger partial charge in [-0.1, -0.05) is 44.9 Å². The van der Waals surface area contributed by atoms with E-state index in [9.17, 15) is 10.2 Å². The average Bonchev–Trinajstić information content (AvgIpc) is 3.23. The molecule has 3 aliphatic carbocycles. The van der Waals surface area contributed by atoms with E-state index in [4.69, 9.17) is 4.74 Å². The van der Waals surface area contributed by atoms with Gasteiger partial charge in [-0.3, -0.25) is 0 Å². The fraction of sp³-hybridized carbons (Fsp3) is 0.647. The highest BCUT2D eigenvalue weighted by Gasteiger charge is 2.57. The molecule has 4 heteroatoms. The Morgan fingerprint density at radius 1 is 0.947 bits per heavy atom. The first-order chi connectivity index (χ1) is 18.5. The number of rotatable bonds is 12. The highest BCUT2D eigenvalue weighted by atomic mass is 32.2. The van der Waals surface area contributed by atoms with Crippen LogP contribution >= 0.6 is 11.8 Å². The number of hydrogen-bond acceptors (Lipinski definition) is 4. The van der Waals surface area contributed by atoms with Crippen LogP contribution < -0.4 is 4.74 Å². The second kappa shape index (κ2) is 12.7. The molecule has 0 aliphatic heterocycles. The van der Waals surface area contributed by atoms with Crippen molar-refractivity contribution in [3.05, 3.63) is 59.2 Å². The maximum absolute atomic E-state index is 11.1. The monoisotopic (exact) mass is 536 g/mol. The largest absolute Gasteiger partial charge is 0.508 e. The summed E-state index contributed by atoms with van der Waals surface area (Å²) in [7, 11) is 0. The van der Waals surface area contributed by atoms with E-state index in [1.54, 1.807) is 0 Å². The first-order valence-corrected chi connectivity index (χ1v) is 16.5. The second-order valence-corrected chi connectivity index (χ2v) is 13.6. The number of unbranched alkanes of at least 4 members (excludes halogenated alkanes) is 4. The highest BCUT2D eigenvalue weighted by molar-refractivity contribution is 7.99. The molecule has 0 unspecified atom stereocenters. The van der Waals surface area contributed by atoms with Crippen molar-refractivity contribution in [2.75, 3.05) is 18.1 Å². The van der Waals surface area contributed by atoms with Crippen LogP contribution in [-0.2, 0) is 6.42 Å². The van der Waals surface area contributed by atoms with Gasteiger partial charge in [-0.25, -0.2) is 0 Å². The van der Waals surface area contributed by atoms with Crippen LogP contribution in [0.5, 0.6) is 11.5 Å². The van der Waals surface area contributed by atoms with Crippen LogP contribution in [0.2, 0.25) is 0 Å². The summed E-state index contributed by atoms with van der Waals surface area (Å²) in [5, 5.41) is 21.2. The molecule has 2 aromatic rings. The van der Waals surface area contributed by atoms with Crippen molar-refractivity contribution in [3.8, 4) is 11.5 Å². The zero-order valence-electron chi connectivity index (χ0n) is 23.5. The molecule has 6 atom stereocenters. The summed E-state index contributed by atoms with van der Waals surface area (Å²) in [5.74, 6) is 5.94. The molecule has 0 aromatic heterocycles. The van der Waals surface area contributed by atoms with Crippen LogP contribution in [0.15, 0.2) is 42.5 Å². The Hall–Kier alpha value is -1.65. The topological polar surface area (TPSA) is 49.7 Å². The number of thioether (sulfide) groups is 1. The van der Waals surface area contributed by atoms with E-state index in [0.29, 0.717) is 29.4 Å². The van der Waals surface area contributed by atoms with Crippen molar-refractivity contribution in [2.45, 2.75) is 102 Å². The van der Waals surface area contributed by atoms with Gasteiger partial charge in [0.05, 0.1) is 12.7 Å². The van der Waals surface area contributed by atoms with Crippen molar-refractivity contribution in [2.24, 2.45) is 17.3 Å². The molecule has 2 aromatic carbocycles. The van der Waals surface area contributed by atoms with E-state index in [-0.39, 0.29) is 11.5 Å². The molecule has 0 radical (unpaired) electrons. The van der Waals surface area contributed by atoms with Crippen LogP contribution in [0.1, 0.15) is 107 Å². The number of aromatic hydroxyl groups is 1. The number of aryl methyl sites for hydroxylation is 1. The maximum Gasteiger partial charge on any atom is 0.119 e. The molecule has 3 aliphatic rings. The average molecular weight is 537 g/mol. The smallest absolute Gasteiger partial charge is 0.119 e. The minimum absolute atomic E-state index is 0.0102. The van der Waals surface area contributed by atoms with Crippen LogP contribution in [-0.4, -0.2) is 34.4 Å². The normalized spacial score (nSPS) is 29.9. The van der Waals surface area contributed by atoms with Gasteiger partial charge in [-0.05, 0) is 139 Å². The summed E-state index contributed by atoms with van der Waals surface area (Å²) in [5.41, 5.74) is 4.10. The predicted octanol–water partition coefficient (Wildman–Crippen LogP) is 8.48. The standard InChI is InChI=1S/C34H48O3S/c1-3-4-7-20-38-21-8-5-6-19-37-27-13-9-24(10-14-27)30-23-34(2)31(17-18-32(34)36)29-15-11-25-22-26(35)12-16-28(25)33(29)30/h9-10,12-14,16,22,29-33,35-36H,3-8,11,15,17-21,23H2,1-2H3/t29-,30+,31-,32-,33+,34-/m0/s1. The van der Waals surface area contributed by atoms with Gasteiger partial charge in [0.2, 0.25) is 0 Å². The quantitative estimate of drug-likeness (QED) is 0.267. The summed E-state index contributed by atoms with van der Waals surface area (Å²) in [6.07, 6.45) is 12.8. The zero-order chi connectivity index (χ0) is 26.5. The molecule has 0 heterocycles. The Labute approximate surface area is 234 Å². The Morgan fingerprint density at radius 3 is 2.53 bits per heavy atom. The van der Waals surface area contributed by atoms with E-state index in [1.165, 1.54) is 60.3 Å². The molecule has 0 bridgehead atoms. The van der Waals surface area contributed by atoms with E-state index in [2.05, 4.69) is 55.9 Å². The Kier molecular flexibility index (Phi) is 9.31. The minimum Gasteiger partial charge on any atom is -0.508 e. The summed E-state index contributed by atoms with van der Waals surface area (Å²) in [6.45, 7) is 5.41. The van der Waals surface area contributed by atoms with Crippen molar-refractivity contribution >= 4 is 11.8 Å². The summed E-state index contributed by atoms with van der Waals surface area (Å²) < 4.78 is 6.12. The molecular weight excluding hydrogens is 488 g/mol. The number of aliphatic hydroxyl groups is 1. The SMILES string of the molecule is CCCCCSCCCCCOc1ccc([C@H]2C[C@]3(C)[C@@H](O)CC[C@H]3[C@@H]3CCc4cc(O)ccc4[C@H]32)cc1. The fourth-order valence-electron chi connectivity index (χ4n) is 8.03. The second-order valence-electron chi connectivity index (χ2n) is 12.4. The van der Waals surface area contributed by atoms with Crippen LogP contribution in [0.4, 0.5) is 0 Å². The zero-order valence-corrected chi connectivity index (χ0v) is 24.4. The number of ether oxygens (including phenoxy) is 1. The molecule has 5 rings (SSSR count). The van der Waals surface area contributed by atoms with Crippen molar-refractivity contribution < 1.29 is 14.9 Å². The van der Waals surface area contributed by atoms with Crippen LogP contribution in [0.25, 0.3) is 0 Å². The molecule has 3 nitrogen and oxygen atoms in total. The molecule has 208 valence electrons. The fourth-order valence-corrected chi connectivity index (χ4v) is 9.05. The third-order valence-electron chi connectivity index (χ3n) is 10.1. The molecule has 0 amide bonds. The van der Waals surface area contributed by atoms with E-state index in [1.807, 2.05) is 12.1 Å². The third-order valence-corrected chi connectivity index (χ3v) is 11.2. The first kappa shape index (κ1) is 27.9. The van der Waals surface area contributed by atoms with Gasteiger partial charge >= 0.3 is 0 Å². The van der Waals surface area contributed by atoms with E-state index in [0.717, 1.165) is 50.9 Å². The molecule has 2 saturated carbocycles. The van der Waals surface area contributed by atoms with E-state index < -0.39 is 0 Å². The van der Waals surface area contributed by atoms with Gasteiger partial charge in [0.25, 0.3) is 0 Å². The molecule has 2 fully saturated rings.